The quantitative estimate of drug-likeness (QED) is 0.425. The second-order valence-electron chi connectivity index (χ2n) is 2.85. The van der Waals surface area contributed by atoms with E-state index in [9.17, 15) is 5.11 Å². The van der Waals surface area contributed by atoms with Gasteiger partial charge in [0.2, 0.25) is 0 Å². The van der Waals surface area contributed by atoms with E-state index in [-0.39, 0.29) is 5.75 Å². The topological polar surface area (TPSA) is 60.7 Å². The first-order valence-corrected chi connectivity index (χ1v) is 5.17. The Hall–Kier alpha value is -0.685. The Kier molecular flexibility index (Phi) is 2.44. The predicted octanol–water partition coefficient (Wildman–Crippen LogP) is 0.575. The summed E-state index contributed by atoms with van der Waals surface area (Å²) in [6.07, 6.45) is 0. The van der Waals surface area contributed by atoms with Gasteiger partial charge >= 0.3 is 7.12 Å². The largest absolute Gasteiger partial charge is 0.505 e. The number of fused-ring (bicyclic) bond motifs is 1. The zero-order valence-electron chi connectivity index (χ0n) is 7.01. The van der Waals surface area contributed by atoms with Crippen LogP contribution < -0.4 is 5.46 Å². The van der Waals surface area contributed by atoms with Crippen LogP contribution in [0.2, 0.25) is 0 Å². The average Bonchev–Trinajstić information content (AvgIpc) is 2.43. The summed E-state index contributed by atoms with van der Waals surface area (Å²) < 4.78 is 1.27. The van der Waals surface area contributed by atoms with Crippen molar-refractivity contribution in [1.82, 2.24) is 0 Å². The molecule has 0 bridgehead atoms. The van der Waals surface area contributed by atoms with E-state index in [1.54, 1.807) is 18.2 Å². The predicted molar refractivity (Wildman–Crippen MR) is 60.6 cm³/mol. The Morgan fingerprint density at radius 2 is 2.00 bits per heavy atom. The van der Waals surface area contributed by atoms with E-state index in [0.717, 1.165) is 4.70 Å². The van der Waals surface area contributed by atoms with Crippen molar-refractivity contribution < 1.29 is 15.2 Å². The molecule has 3 N–H and O–H groups in total. The van der Waals surface area contributed by atoms with E-state index in [1.807, 2.05) is 0 Å². The minimum atomic E-state index is -1.58. The molecule has 0 saturated heterocycles. The molecule has 0 atom stereocenters. The SMILES string of the molecule is OB(O)c1cccc2sc(S)c(O)c12. The van der Waals surface area contributed by atoms with Gasteiger partial charge in [0.05, 0.1) is 4.21 Å². The molecular weight excluding hydrogens is 219 g/mol. The lowest BCUT2D eigenvalue weighted by atomic mass is 9.78. The maximum Gasteiger partial charge on any atom is 0.489 e. The second-order valence-corrected chi connectivity index (χ2v) is 4.65. The zero-order chi connectivity index (χ0) is 10.3. The third-order valence-electron chi connectivity index (χ3n) is 1.98. The second kappa shape index (κ2) is 3.47. The maximum absolute atomic E-state index is 9.64. The molecule has 0 aliphatic heterocycles. The highest BCUT2D eigenvalue weighted by molar-refractivity contribution is 7.83. The van der Waals surface area contributed by atoms with Crippen LogP contribution in [-0.4, -0.2) is 22.3 Å². The minimum absolute atomic E-state index is 0.0111. The standard InChI is InChI=1S/C8H7BO3S2/c10-7-6-4(9(11)12)2-1-3-5(6)14-8(7)13/h1-3,10-13H. The smallest absolute Gasteiger partial charge is 0.489 e. The molecule has 1 aromatic carbocycles. The molecule has 0 spiro atoms. The summed E-state index contributed by atoms with van der Waals surface area (Å²) in [7, 11) is -1.58. The summed E-state index contributed by atoms with van der Waals surface area (Å²) in [5.74, 6) is 0.0111. The average molecular weight is 226 g/mol. The lowest BCUT2D eigenvalue weighted by molar-refractivity contribution is 0.425. The van der Waals surface area contributed by atoms with Crippen molar-refractivity contribution in [2.24, 2.45) is 0 Å². The van der Waals surface area contributed by atoms with E-state index in [4.69, 9.17) is 10.0 Å². The van der Waals surface area contributed by atoms with Crippen LogP contribution in [0, 0.1) is 0 Å². The molecule has 0 fully saturated rings. The molecule has 3 nitrogen and oxygen atoms in total. The number of hydrogen-bond donors (Lipinski definition) is 4. The highest BCUT2D eigenvalue weighted by Gasteiger charge is 2.19. The van der Waals surface area contributed by atoms with Crippen molar-refractivity contribution in [3.8, 4) is 5.75 Å². The Morgan fingerprint density at radius 3 is 2.64 bits per heavy atom. The van der Waals surface area contributed by atoms with Crippen molar-refractivity contribution in [3.05, 3.63) is 18.2 Å². The van der Waals surface area contributed by atoms with Crippen molar-refractivity contribution in [3.63, 3.8) is 0 Å². The summed E-state index contributed by atoms with van der Waals surface area (Å²) >= 11 is 5.38. The first-order valence-electron chi connectivity index (χ1n) is 3.90. The van der Waals surface area contributed by atoms with Crippen molar-refractivity contribution in [2.75, 3.05) is 0 Å². The number of thiophene rings is 1. The molecule has 0 aliphatic carbocycles. The van der Waals surface area contributed by atoms with E-state index in [2.05, 4.69) is 12.6 Å². The molecule has 0 saturated carbocycles. The van der Waals surface area contributed by atoms with Crippen LogP contribution in [0.5, 0.6) is 5.75 Å². The fraction of sp³-hybridized carbons (Fsp3) is 0. The first-order chi connectivity index (χ1) is 6.61. The van der Waals surface area contributed by atoms with E-state index in [1.165, 1.54) is 11.3 Å². The zero-order valence-corrected chi connectivity index (χ0v) is 8.72. The number of thiol groups is 1. The summed E-state index contributed by atoms with van der Waals surface area (Å²) in [6.45, 7) is 0. The fourth-order valence-electron chi connectivity index (χ4n) is 1.36. The van der Waals surface area contributed by atoms with Gasteiger partial charge in [-0.15, -0.1) is 24.0 Å². The number of rotatable bonds is 1. The van der Waals surface area contributed by atoms with Crippen LogP contribution in [0.1, 0.15) is 0 Å². The lowest BCUT2D eigenvalue weighted by Gasteiger charge is -2.01. The molecule has 0 aliphatic rings. The molecule has 1 heterocycles. The number of hydrogen-bond acceptors (Lipinski definition) is 5. The third-order valence-corrected chi connectivity index (χ3v) is 3.42. The minimum Gasteiger partial charge on any atom is -0.505 e. The molecule has 1 aromatic heterocycles. The van der Waals surface area contributed by atoms with Crippen LogP contribution in [0.4, 0.5) is 0 Å². The first kappa shape index (κ1) is 9.85. The van der Waals surface area contributed by atoms with Gasteiger partial charge in [0.25, 0.3) is 0 Å². The molecule has 14 heavy (non-hydrogen) atoms. The van der Waals surface area contributed by atoms with E-state index < -0.39 is 7.12 Å². The van der Waals surface area contributed by atoms with E-state index in [0.29, 0.717) is 15.1 Å². The Labute approximate surface area is 90.2 Å². The lowest BCUT2D eigenvalue weighted by Crippen LogP contribution is -2.30. The van der Waals surface area contributed by atoms with Gasteiger partial charge in [-0.25, -0.2) is 0 Å². The number of aromatic hydroxyl groups is 1. The van der Waals surface area contributed by atoms with Crippen molar-refractivity contribution in [1.29, 1.82) is 0 Å². The molecule has 2 rings (SSSR count). The molecule has 2 aromatic rings. The van der Waals surface area contributed by atoms with Crippen molar-refractivity contribution in [2.45, 2.75) is 4.21 Å². The molecule has 0 radical (unpaired) electrons. The summed E-state index contributed by atoms with van der Waals surface area (Å²) in [5, 5.41) is 28.3. The fourth-order valence-corrected chi connectivity index (χ4v) is 2.64. The van der Waals surface area contributed by atoms with Gasteiger partial charge in [0.15, 0.2) is 0 Å². The Balaban J connectivity index is 2.84. The monoisotopic (exact) mass is 226 g/mol. The van der Waals surface area contributed by atoms with Crippen LogP contribution in [0.15, 0.2) is 22.4 Å². The van der Waals surface area contributed by atoms with Crippen LogP contribution >= 0.6 is 24.0 Å². The van der Waals surface area contributed by atoms with Gasteiger partial charge in [-0.1, -0.05) is 12.1 Å². The maximum atomic E-state index is 9.64. The number of benzene rings is 1. The van der Waals surface area contributed by atoms with Gasteiger partial charge in [0.1, 0.15) is 5.75 Å². The van der Waals surface area contributed by atoms with Gasteiger partial charge in [-0.2, -0.15) is 0 Å². The summed E-state index contributed by atoms with van der Waals surface area (Å²) in [6, 6.07) is 5.07. The highest BCUT2D eigenvalue weighted by atomic mass is 32.2. The van der Waals surface area contributed by atoms with Gasteiger partial charge < -0.3 is 15.2 Å². The van der Waals surface area contributed by atoms with Crippen LogP contribution in [0.25, 0.3) is 10.1 Å². The molecule has 0 unspecified atom stereocenters. The Morgan fingerprint density at radius 1 is 1.29 bits per heavy atom. The third kappa shape index (κ3) is 1.40. The molecular formula is C8H7BO3S2. The van der Waals surface area contributed by atoms with Crippen molar-refractivity contribution >= 4 is 46.6 Å². The van der Waals surface area contributed by atoms with E-state index >= 15 is 0 Å². The Bertz CT molecular complexity index is 481. The molecule has 6 heteroatoms. The highest BCUT2D eigenvalue weighted by Crippen LogP contribution is 2.38. The van der Waals surface area contributed by atoms with Gasteiger partial charge in [-0.3, -0.25) is 0 Å². The molecule has 0 amide bonds. The van der Waals surface area contributed by atoms with Crippen LogP contribution in [0.3, 0.4) is 0 Å². The normalized spacial score (nSPS) is 10.8. The summed E-state index contributed by atoms with van der Waals surface area (Å²) in [5.41, 5.74) is 0.302. The molecule has 72 valence electrons. The van der Waals surface area contributed by atoms with Crippen LogP contribution in [-0.2, 0) is 0 Å². The van der Waals surface area contributed by atoms with Gasteiger partial charge in [0, 0.05) is 10.1 Å². The summed E-state index contributed by atoms with van der Waals surface area (Å²) in [4.78, 5) is 0. The van der Waals surface area contributed by atoms with Gasteiger partial charge in [-0.05, 0) is 11.5 Å².